The average molecular weight is 585 g/mol. The summed E-state index contributed by atoms with van der Waals surface area (Å²) in [5.41, 5.74) is 0.361. The third-order valence-corrected chi connectivity index (χ3v) is 8.64. The van der Waals surface area contributed by atoms with Crippen molar-refractivity contribution in [3.05, 3.63) is 64.6 Å². The zero-order valence-electron chi connectivity index (χ0n) is 21.4. The molecule has 1 aliphatic heterocycles. The summed E-state index contributed by atoms with van der Waals surface area (Å²) < 4.78 is 61.1. The molecular weight excluding hydrogens is 556 g/mol. The number of carboxylic acid groups (broad SMARTS) is 1. The van der Waals surface area contributed by atoms with Gasteiger partial charge in [0, 0.05) is 34.3 Å². The van der Waals surface area contributed by atoms with Crippen LogP contribution in [0.1, 0.15) is 43.8 Å². The maximum absolute atomic E-state index is 15.7. The fourth-order valence-corrected chi connectivity index (χ4v) is 6.41. The lowest BCUT2D eigenvalue weighted by atomic mass is 9.71. The molecule has 0 aliphatic carbocycles. The Morgan fingerprint density at radius 2 is 1.90 bits per heavy atom. The second-order valence-electron chi connectivity index (χ2n) is 9.87. The molecule has 1 aromatic heterocycles. The molecule has 4 rings (SSSR count). The predicted molar refractivity (Wildman–Crippen MR) is 144 cm³/mol. The molecule has 1 N–H and O–H groups in total. The van der Waals surface area contributed by atoms with Gasteiger partial charge in [0.2, 0.25) is 0 Å². The number of alkyl halides is 1. The van der Waals surface area contributed by atoms with Gasteiger partial charge in [-0.3, -0.25) is 9.78 Å². The van der Waals surface area contributed by atoms with Gasteiger partial charge in [-0.2, -0.15) is 0 Å². The summed E-state index contributed by atoms with van der Waals surface area (Å²) in [7, 11) is 1.52. The second kappa shape index (κ2) is 12.7. The summed E-state index contributed by atoms with van der Waals surface area (Å²) >= 11 is 7.58. The molecule has 11 heteroatoms. The van der Waals surface area contributed by atoms with E-state index in [9.17, 15) is 23.1 Å². The normalized spacial score (nSPS) is 16.4. The van der Waals surface area contributed by atoms with Gasteiger partial charge >= 0.3 is 5.97 Å². The van der Waals surface area contributed by atoms with Crippen molar-refractivity contribution in [3.63, 3.8) is 0 Å². The topological polar surface area (TPSA) is 62.7 Å². The number of likely N-dealkylation sites (tertiary alicyclic amines) is 1. The first-order valence-electron chi connectivity index (χ1n) is 12.6. The van der Waals surface area contributed by atoms with Crippen molar-refractivity contribution < 1.29 is 32.2 Å². The second-order valence-corrected chi connectivity index (χ2v) is 11.4. The summed E-state index contributed by atoms with van der Waals surface area (Å²) in [6, 6.07) is 7.13. The van der Waals surface area contributed by atoms with Gasteiger partial charge in [0.15, 0.2) is 17.5 Å². The molecule has 1 saturated heterocycles. The van der Waals surface area contributed by atoms with Gasteiger partial charge in [0.25, 0.3) is 0 Å². The van der Waals surface area contributed by atoms with Gasteiger partial charge < -0.3 is 14.7 Å². The highest BCUT2D eigenvalue weighted by Crippen LogP contribution is 2.44. The van der Waals surface area contributed by atoms with Crippen LogP contribution in [-0.4, -0.2) is 53.5 Å². The van der Waals surface area contributed by atoms with Crippen LogP contribution in [0.3, 0.4) is 0 Å². The highest BCUT2D eigenvalue weighted by Gasteiger charge is 2.37. The standard InChI is InChI=1S/C28H29ClF4N2O3S/c1-38-17-2-3-24-19(12-17)26(20(29)16-34-24)21(30)4-5-28(15-25(36)37)6-8-35(9-7-28)10-11-39-18-13-22(31)27(33)23(32)14-18/h2-3,12-14,16,21H,4-11,15H2,1H3,(H,36,37)/t21-/m1/s1. The number of hydrogen-bond acceptors (Lipinski definition) is 5. The molecule has 0 amide bonds. The quantitative estimate of drug-likeness (QED) is 0.143. The predicted octanol–water partition coefficient (Wildman–Crippen LogP) is 7.45. The Labute approximate surface area is 233 Å². The molecule has 0 saturated carbocycles. The summed E-state index contributed by atoms with van der Waals surface area (Å²) in [6.45, 7) is 1.85. The average Bonchev–Trinajstić information content (AvgIpc) is 2.90. The van der Waals surface area contributed by atoms with Crippen molar-refractivity contribution in [3.8, 4) is 5.75 Å². The van der Waals surface area contributed by atoms with Gasteiger partial charge in [-0.25, -0.2) is 17.6 Å². The fraction of sp³-hybridized carbons (Fsp3) is 0.429. The van der Waals surface area contributed by atoms with Crippen LogP contribution >= 0.6 is 23.4 Å². The van der Waals surface area contributed by atoms with E-state index < -0.39 is 35.0 Å². The third kappa shape index (κ3) is 7.15. The van der Waals surface area contributed by atoms with Crippen LogP contribution in [0.5, 0.6) is 5.75 Å². The molecule has 3 aromatic rings. The number of fused-ring (bicyclic) bond motifs is 1. The van der Waals surface area contributed by atoms with Crippen LogP contribution in [0, 0.1) is 22.9 Å². The van der Waals surface area contributed by atoms with Crippen molar-refractivity contribution in [2.45, 2.75) is 43.2 Å². The number of methoxy groups -OCH3 is 1. The van der Waals surface area contributed by atoms with Crippen molar-refractivity contribution >= 4 is 40.2 Å². The number of hydrogen-bond donors (Lipinski definition) is 1. The van der Waals surface area contributed by atoms with E-state index in [0.717, 1.165) is 12.1 Å². The number of aromatic nitrogens is 1. The van der Waals surface area contributed by atoms with E-state index in [2.05, 4.69) is 9.88 Å². The number of benzene rings is 2. The molecule has 2 heterocycles. The Morgan fingerprint density at radius 3 is 2.54 bits per heavy atom. The van der Waals surface area contributed by atoms with E-state index in [4.69, 9.17) is 16.3 Å². The Balaban J connectivity index is 1.38. The highest BCUT2D eigenvalue weighted by atomic mass is 35.5. The molecule has 1 aliphatic rings. The summed E-state index contributed by atoms with van der Waals surface area (Å²) in [4.78, 5) is 18.5. The van der Waals surface area contributed by atoms with E-state index in [1.165, 1.54) is 25.1 Å². The molecular formula is C28H29ClF4N2O3S. The van der Waals surface area contributed by atoms with E-state index in [1.54, 1.807) is 18.2 Å². The number of thioether (sulfide) groups is 1. The van der Waals surface area contributed by atoms with Crippen molar-refractivity contribution in [2.75, 3.05) is 32.5 Å². The van der Waals surface area contributed by atoms with Crippen molar-refractivity contribution in [2.24, 2.45) is 5.41 Å². The number of aliphatic carboxylic acids is 1. The minimum absolute atomic E-state index is 0.0604. The van der Waals surface area contributed by atoms with Gasteiger partial charge in [-0.15, -0.1) is 11.8 Å². The fourth-order valence-electron chi connectivity index (χ4n) is 5.19. The SMILES string of the molecule is COc1ccc2ncc(Cl)c([C@H](F)CCC3(CC(=O)O)CCN(CCSc4cc(F)c(F)c(F)c4)CC3)c2c1. The van der Waals surface area contributed by atoms with E-state index in [1.807, 2.05) is 0 Å². The maximum Gasteiger partial charge on any atom is 0.303 e. The zero-order chi connectivity index (χ0) is 28.2. The van der Waals surface area contributed by atoms with Gasteiger partial charge in [-0.05, 0) is 74.5 Å². The van der Waals surface area contributed by atoms with E-state index in [-0.39, 0.29) is 17.9 Å². The number of carboxylic acids is 1. The third-order valence-electron chi connectivity index (χ3n) is 7.39. The molecule has 0 radical (unpaired) electrons. The Kier molecular flexibility index (Phi) is 9.61. The largest absolute Gasteiger partial charge is 0.497 e. The first-order valence-corrected chi connectivity index (χ1v) is 13.9. The molecule has 0 unspecified atom stereocenters. The minimum atomic E-state index is -1.49. The summed E-state index contributed by atoms with van der Waals surface area (Å²) in [5.74, 6) is -3.77. The number of halogens is 5. The molecule has 1 atom stereocenters. The molecule has 5 nitrogen and oxygen atoms in total. The Bertz CT molecular complexity index is 1310. The number of pyridine rings is 1. The van der Waals surface area contributed by atoms with E-state index >= 15 is 4.39 Å². The van der Waals surface area contributed by atoms with E-state index in [0.29, 0.717) is 71.8 Å². The van der Waals surface area contributed by atoms with Crippen molar-refractivity contribution in [1.29, 1.82) is 0 Å². The monoisotopic (exact) mass is 584 g/mol. The molecule has 1 fully saturated rings. The number of carbonyl (C=O) groups is 1. The zero-order valence-corrected chi connectivity index (χ0v) is 22.9. The van der Waals surface area contributed by atoms with Crippen molar-refractivity contribution in [1.82, 2.24) is 9.88 Å². The number of ether oxygens (including phenoxy) is 1. The molecule has 0 bridgehead atoms. The van der Waals surface area contributed by atoms with Crippen LogP contribution in [0.2, 0.25) is 5.02 Å². The smallest absolute Gasteiger partial charge is 0.303 e. The highest BCUT2D eigenvalue weighted by molar-refractivity contribution is 7.99. The first-order chi connectivity index (χ1) is 18.6. The van der Waals surface area contributed by atoms with Crippen LogP contribution < -0.4 is 4.74 Å². The number of piperidine rings is 1. The maximum atomic E-state index is 15.7. The first kappa shape index (κ1) is 29.4. The molecule has 210 valence electrons. The number of nitrogens with zero attached hydrogens (tertiary/aromatic N) is 2. The van der Waals surface area contributed by atoms with Crippen LogP contribution in [-0.2, 0) is 4.79 Å². The molecule has 2 aromatic carbocycles. The van der Waals surface area contributed by atoms with Gasteiger partial charge in [0.1, 0.15) is 11.9 Å². The van der Waals surface area contributed by atoms with Gasteiger partial charge in [0.05, 0.1) is 24.1 Å². The van der Waals surface area contributed by atoms with Crippen LogP contribution in [0.15, 0.2) is 41.4 Å². The minimum Gasteiger partial charge on any atom is -0.497 e. The lowest BCUT2D eigenvalue weighted by Gasteiger charge is -2.41. The lowest BCUT2D eigenvalue weighted by molar-refractivity contribution is -0.141. The summed E-state index contributed by atoms with van der Waals surface area (Å²) in [6.07, 6.45) is 1.60. The Morgan fingerprint density at radius 1 is 1.21 bits per heavy atom. The Hall–Kier alpha value is -2.56. The van der Waals surface area contributed by atoms with Crippen LogP contribution in [0.25, 0.3) is 10.9 Å². The van der Waals surface area contributed by atoms with Crippen LogP contribution in [0.4, 0.5) is 17.6 Å². The number of rotatable bonds is 11. The summed E-state index contributed by atoms with van der Waals surface area (Å²) in [5, 5.41) is 10.4. The van der Waals surface area contributed by atoms with Gasteiger partial charge in [-0.1, -0.05) is 11.6 Å². The molecule has 39 heavy (non-hydrogen) atoms. The lowest BCUT2D eigenvalue weighted by Crippen LogP contribution is -2.42. The molecule has 0 spiro atoms.